The molecule has 1 aliphatic heterocycles. The van der Waals surface area contributed by atoms with Crippen LogP contribution in [0.15, 0.2) is 0 Å². The van der Waals surface area contributed by atoms with Crippen LogP contribution in [0, 0.1) is 0 Å². The Morgan fingerprint density at radius 1 is 1.58 bits per heavy atom. The summed E-state index contributed by atoms with van der Waals surface area (Å²) in [4.78, 5) is 12.5. The maximum Gasteiger partial charge on any atom is 0.255 e. The van der Waals surface area contributed by atoms with E-state index in [4.69, 9.17) is 0 Å². The zero-order valence-corrected chi connectivity index (χ0v) is 6.52. The molecule has 1 amide bonds. The van der Waals surface area contributed by atoms with Crippen LogP contribution in [0.25, 0.3) is 0 Å². The highest BCUT2D eigenvalue weighted by Gasteiger charge is 2.55. The van der Waals surface area contributed by atoms with Gasteiger partial charge in [0.25, 0.3) is 6.43 Å². The van der Waals surface area contributed by atoms with Crippen LogP contribution >= 0.6 is 0 Å². The zero-order valence-electron chi connectivity index (χ0n) is 6.52. The molecule has 0 aromatic carbocycles. The molecule has 0 aromatic rings. The third-order valence-corrected chi connectivity index (χ3v) is 2.41. The maximum absolute atomic E-state index is 11.9. The summed E-state index contributed by atoms with van der Waals surface area (Å²) in [6.07, 6.45) is -0.832. The monoisotopic (exact) mass is 176 g/mol. The van der Waals surface area contributed by atoms with E-state index in [0.29, 0.717) is 0 Å². The number of carbonyl (C=O) groups excluding carboxylic acids is 1. The number of rotatable bonds is 2. The average molecular weight is 176 g/mol. The van der Waals surface area contributed by atoms with Crippen molar-refractivity contribution in [2.75, 3.05) is 13.2 Å². The molecule has 1 N–H and O–H groups in total. The fraction of sp³-hybridized carbons (Fsp3) is 0.857. The van der Waals surface area contributed by atoms with Gasteiger partial charge in [0.05, 0.1) is 18.8 Å². The topological polar surface area (TPSA) is 32.3 Å². The van der Waals surface area contributed by atoms with Crippen LogP contribution in [-0.2, 0) is 4.79 Å². The molecular formula is C7H10F2N2O. The van der Waals surface area contributed by atoms with E-state index in [1.165, 1.54) is 4.90 Å². The Morgan fingerprint density at radius 3 is 2.67 bits per heavy atom. The molecule has 1 saturated heterocycles. The number of halogens is 2. The minimum absolute atomic E-state index is 0.150. The van der Waals surface area contributed by atoms with Crippen LogP contribution in [0.4, 0.5) is 8.78 Å². The first kappa shape index (κ1) is 7.91. The van der Waals surface area contributed by atoms with Gasteiger partial charge in [-0.2, -0.15) is 0 Å². The van der Waals surface area contributed by atoms with E-state index in [2.05, 4.69) is 5.32 Å². The van der Waals surface area contributed by atoms with E-state index >= 15 is 0 Å². The molecule has 1 spiro atoms. The minimum Gasteiger partial charge on any atom is -0.323 e. The van der Waals surface area contributed by atoms with Crippen LogP contribution in [0.3, 0.4) is 0 Å². The SMILES string of the molecule is O=C1N(CC(F)F)CNC12CC2. The quantitative estimate of drug-likeness (QED) is 0.650. The standard InChI is InChI=1S/C7H10F2N2O/c8-5(9)3-11-4-10-7(1-2-7)6(11)12/h5,10H,1-4H2. The van der Waals surface area contributed by atoms with Gasteiger partial charge in [-0.15, -0.1) is 0 Å². The summed E-state index contributed by atoms with van der Waals surface area (Å²) in [5, 5.41) is 2.96. The van der Waals surface area contributed by atoms with Crippen LogP contribution in [-0.4, -0.2) is 36.0 Å². The van der Waals surface area contributed by atoms with Gasteiger partial charge in [-0.3, -0.25) is 10.1 Å². The van der Waals surface area contributed by atoms with Crippen molar-refractivity contribution in [3.05, 3.63) is 0 Å². The molecule has 2 rings (SSSR count). The lowest BCUT2D eigenvalue weighted by Crippen LogP contribution is -2.34. The molecule has 5 heteroatoms. The van der Waals surface area contributed by atoms with Gasteiger partial charge < -0.3 is 4.90 Å². The van der Waals surface area contributed by atoms with Crippen molar-refractivity contribution in [1.29, 1.82) is 0 Å². The Hall–Kier alpha value is -0.710. The van der Waals surface area contributed by atoms with E-state index in [9.17, 15) is 13.6 Å². The molecule has 3 nitrogen and oxygen atoms in total. The lowest BCUT2D eigenvalue weighted by atomic mass is 10.3. The lowest BCUT2D eigenvalue weighted by molar-refractivity contribution is -0.131. The van der Waals surface area contributed by atoms with Gasteiger partial charge in [0, 0.05) is 0 Å². The Kier molecular flexibility index (Phi) is 1.57. The summed E-state index contributed by atoms with van der Waals surface area (Å²) in [7, 11) is 0. The number of nitrogens with one attached hydrogen (secondary N) is 1. The maximum atomic E-state index is 11.9. The van der Waals surface area contributed by atoms with Crippen molar-refractivity contribution in [2.24, 2.45) is 0 Å². The first-order valence-corrected chi connectivity index (χ1v) is 3.97. The van der Waals surface area contributed by atoms with Gasteiger partial charge in [-0.05, 0) is 12.8 Å². The summed E-state index contributed by atoms with van der Waals surface area (Å²) in [5.41, 5.74) is -0.436. The van der Waals surface area contributed by atoms with Gasteiger partial charge >= 0.3 is 0 Å². The fourth-order valence-electron chi connectivity index (χ4n) is 1.53. The number of hydrogen-bond donors (Lipinski definition) is 1. The first-order valence-electron chi connectivity index (χ1n) is 3.97. The second kappa shape index (κ2) is 2.39. The van der Waals surface area contributed by atoms with Gasteiger partial charge in [-0.25, -0.2) is 8.78 Å². The summed E-state index contributed by atoms with van der Waals surface area (Å²) in [6, 6.07) is 0. The molecule has 0 bridgehead atoms. The third-order valence-electron chi connectivity index (χ3n) is 2.41. The molecule has 12 heavy (non-hydrogen) atoms. The predicted molar refractivity (Wildman–Crippen MR) is 37.7 cm³/mol. The molecular weight excluding hydrogens is 166 g/mol. The van der Waals surface area contributed by atoms with Crippen LogP contribution in [0.1, 0.15) is 12.8 Å². The number of hydrogen-bond acceptors (Lipinski definition) is 2. The minimum atomic E-state index is -2.43. The normalized spacial score (nSPS) is 25.9. The summed E-state index contributed by atoms with van der Waals surface area (Å²) >= 11 is 0. The van der Waals surface area contributed by atoms with E-state index < -0.39 is 18.5 Å². The zero-order chi connectivity index (χ0) is 8.77. The molecule has 0 atom stereocenters. The first-order chi connectivity index (χ1) is 5.64. The second-order valence-corrected chi connectivity index (χ2v) is 3.34. The van der Waals surface area contributed by atoms with Crippen LogP contribution < -0.4 is 5.32 Å². The van der Waals surface area contributed by atoms with Gasteiger partial charge in [-0.1, -0.05) is 0 Å². The number of amides is 1. The van der Waals surface area contributed by atoms with E-state index in [-0.39, 0.29) is 12.6 Å². The summed E-state index contributed by atoms with van der Waals surface area (Å²) in [6.45, 7) is -0.156. The van der Waals surface area contributed by atoms with E-state index in [1.54, 1.807) is 0 Å². The Morgan fingerprint density at radius 2 is 2.25 bits per heavy atom. The Balaban J connectivity index is 1.97. The molecule has 2 aliphatic rings. The molecule has 2 fully saturated rings. The smallest absolute Gasteiger partial charge is 0.255 e. The van der Waals surface area contributed by atoms with Gasteiger partial charge in [0.2, 0.25) is 5.91 Å². The molecule has 68 valence electrons. The van der Waals surface area contributed by atoms with Gasteiger partial charge in [0.1, 0.15) is 0 Å². The van der Waals surface area contributed by atoms with Crippen molar-refractivity contribution in [3.63, 3.8) is 0 Å². The molecule has 1 heterocycles. The summed E-state index contributed by atoms with van der Waals surface area (Å²) in [5.74, 6) is -0.150. The molecule has 0 radical (unpaired) electrons. The van der Waals surface area contributed by atoms with Crippen molar-refractivity contribution in [2.45, 2.75) is 24.8 Å². The number of carbonyl (C=O) groups is 1. The third kappa shape index (κ3) is 1.08. The van der Waals surface area contributed by atoms with Crippen molar-refractivity contribution < 1.29 is 13.6 Å². The van der Waals surface area contributed by atoms with E-state index in [0.717, 1.165) is 12.8 Å². The highest BCUT2D eigenvalue weighted by molar-refractivity contribution is 5.91. The molecule has 1 saturated carbocycles. The Bertz CT molecular complexity index is 215. The largest absolute Gasteiger partial charge is 0.323 e. The predicted octanol–water partition coefficient (Wildman–Crippen LogP) is 0.173. The Labute approximate surface area is 68.7 Å². The van der Waals surface area contributed by atoms with Gasteiger partial charge in [0.15, 0.2) is 0 Å². The molecule has 0 unspecified atom stereocenters. The van der Waals surface area contributed by atoms with Crippen LogP contribution in [0.5, 0.6) is 0 Å². The lowest BCUT2D eigenvalue weighted by Gasteiger charge is -2.13. The van der Waals surface area contributed by atoms with Crippen molar-refractivity contribution in [1.82, 2.24) is 10.2 Å². The van der Waals surface area contributed by atoms with Crippen LogP contribution in [0.2, 0.25) is 0 Å². The molecule has 0 aromatic heterocycles. The summed E-state index contributed by atoms with van der Waals surface area (Å²) < 4.78 is 23.8. The van der Waals surface area contributed by atoms with Crippen molar-refractivity contribution in [3.8, 4) is 0 Å². The van der Waals surface area contributed by atoms with Crippen molar-refractivity contribution >= 4 is 5.91 Å². The fourth-order valence-corrected chi connectivity index (χ4v) is 1.53. The highest BCUT2D eigenvalue weighted by Crippen LogP contribution is 2.40. The average Bonchev–Trinajstić information content (AvgIpc) is 2.71. The van der Waals surface area contributed by atoms with E-state index in [1.807, 2.05) is 0 Å². The highest BCUT2D eigenvalue weighted by atomic mass is 19.3. The number of alkyl halides is 2. The molecule has 1 aliphatic carbocycles. The number of nitrogens with zero attached hydrogens (tertiary/aromatic N) is 1. The second-order valence-electron chi connectivity index (χ2n) is 3.34.